The van der Waals surface area contributed by atoms with Crippen molar-refractivity contribution < 1.29 is 0 Å². The SMILES string of the molecule is CCCCCCCCCC(CC)(CCl)CCCC. The van der Waals surface area contributed by atoms with Crippen LogP contribution in [0.25, 0.3) is 0 Å². The summed E-state index contributed by atoms with van der Waals surface area (Å²) < 4.78 is 0. The van der Waals surface area contributed by atoms with E-state index in [0.717, 1.165) is 5.88 Å². The van der Waals surface area contributed by atoms with Crippen LogP contribution in [0.2, 0.25) is 0 Å². The summed E-state index contributed by atoms with van der Waals surface area (Å²) in [5.41, 5.74) is 0.445. The Hall–Kier alpha value is 0.290. The van der Waals surface area contributed by atoms with Gasteiger partial charge >= 0.3 is 0 Å². The maximum absolute atomic E-state index is 6.24. The van der Waals surface area contributed by atoms with Crippen LogP contribution in [0.4, 0.5) is 0 Å². The van der Waals surface area contributed by atoms with Crippen LogP contribution in [0.3, 0.4) is 0 Å². The van der Waals surface area contributed by atoms with Crippen molar-refractivity contribution in [3.05, 3.63) is 0 Å². The molecule has 0 radical (unpaired) electrons. The van der Waals surface area contributed by atoms with Crippen LogP contribution < -0.4 is 0 Å². The molecule has 0 fully saturated rings. The van der Waals surface area contributed by atoms with Crippen molar-refractivity contribution in [3.8, 4) is 0 Å². The fraction of sp³-hybridized carbons (Fsp3) is 1.00. The number of unbranched alkanes of at least 4 members (excludes halogenated alkanes) is 7. The number of hydrogen-bond donors (Lipinski definition) is 0. The van der Waals surface area contributed by atoms with Crippen molar-refractivity contribution in [2.24, 2.45) is 5.41 Å². The number of halogens is 1. The van der Waals surface area contributed by atoms with Gasteiger partial charge in [-0.3, -0.25) is 0 Å². The van der Waals surface area contributed by atoms with Crippen molar-refractivity contribution in [1.29, 1.82) is 0 Å². The van der Waals surface area contributed by atoms with Gasteiger partial charge in [-0.25, -0.2) is 0 Å². The van der Waals surface area contributed by atoms with Gasteiger partial charge in [0.2, 0.25) is 0 Å². The first-order valence-electron chi connectivity index (χ1n) is 8.30. The zero-order valence-corrected chi connectivity index (χ0v) is 13.8. The molecule has 0 amide bonds. The molecule has 0 rings (SSSR count). The molecule has 110 valence electrons. The number of alkyl halides is 1. The Morgan fingerprint density at radius 3 is 1.67 bits per heavy atom. The van der Waals surface area contributed by atoms with Crippen LogP contribution in [-0.4, -0.2) is 5.88 Å². The fourth-order valence-corrected chi connectivity index (χ4v) is 3.17. The molecular weight excluding hydrogens is 240 g/mol. The Balaban J connectivity index is 3.69. The molecule has 18 heavy (non-hydrogen) atoms. The van der Waals surface area contributed by atoms with E-state index in [0.29, 0.717) is 5.41 Å². The lowest BCUT2D eigenvalue weighted by molar-refractivity contribution is 0.248. The smallest absolute Gasteiger partial charge is 0.0279 e. The Kier molecular flexibility index (Phi) is 12.5. The molecular formula is C17H35Cl. The Bertz CT molecular complexity index is 161. The molecule has 0 aliphatic rings. The summed E-state index contributed by atoms with van der Waals surface area (Å²) >= 11 is 6.24. The van der Waals surface area contributed by atoms with Gasteiger partial charge < -0.3 is 0 Å². The molecule has 0 aliphatic heterocycles. The molecule has 0 N–H and O–H groups in total. The molecule has 0 aromatic heterocycles. The second-order valence-electron chi connectivity index (χ2n) is 5.96. The molecule has 0 nitrogen and oxygen atoms in total. The Morgan fingerprint density at radius 2 is 1.17 bits per heavy atom. The molecule has 0 bridgehead atoms. The normalized spacial score (nSPS) is 14.7. The highest BCUT2D eigenvalue weighted by molar-refractivity contribution is 6.18. The highest BCUT2D eigenvalue weighted by atomic mass is 35.5. The molecule has 0 heterocycles. The second kappa shape index (κ2) is 12.3. The van der Waals surface area contributed by atoms with Gasteiger partial charge in [-0.05, 0) is 24.7 Å². The van der Waals surface area contributed by atoms with Gasteiger partial charge in [-0.2, -0.15) is 0 Å². The van der Waals surface area contributed by atoms with E-state index < -0.39 is 0 Å². The molecule has 0 aromatic rings. The zero-order chi connectivity index (χ0) is 13.7. The van der Waals surface area contributed by atoms with Gasteiger partial charge in [-0.15, -0.1) is 11.6 Å². The highest BCUT2D eigenvalue weighted by Crippen LogP contribution is 2.36. The van der Waals surface area contributed by atoms with Crippen LogP contribution in [0.1, 0.15) is 97.8 Å². The maximum Gasteiger partial charge on any atom is 0.0279 e. The third kappa shape index (κ3) is 8.40. The largest absolute Gasteiger partial charge is 0.126 e. The summed E-state index contributed by atoms with van der Waals surface area (Å²) in [7, 11) is 0. The van der Waals surface area contributed by atoms with E-state index in [4.69, 9.17) is 11.6 Å². The van der Waals surface area contributed by atoms with E-state index in [-0.39, 0.29) is 0 Å². The fourth-order valence-electron chi connectivity index (χ4n) is 2.72. The van der Waals surface area contributed by atoms with E-state index in [1.165, 1.54) is 77.0 Å². The van der Waals surface area contributed by atoms with Crippen LogP contribution in [0.5, 0.6) is 0 Å². The van der Waals surface area contributed by atoms with Gasteiger partial charge in [0.05, 0.1) is 0 Å². The van der Waals surface area contributed by atoms with Crippen LogP contribution in [0.15, 0.2) is 0 Å². The summed E-state index contributed by atoms with van der Waals surface area (Å²) in [6.45, 7) is 6.88. The third-order valence-electron chi connectivity index (χ3n) is 4.40. The average Bonchev–Trinajstić information content (AvgIpc) is 2.42. The third-order valence-corrected chi connectivity index (χ3v) is 4.97. The van der Waals surface area contributed by atoms with Crippen LogP contribution >= 0.6 is 11.6 Å². The highest BCUT2D eigenvalue weighted by Gasteiger charge is 2.25. The zero-order valence-electron chi connectivity index (χ0n) is 13.1. The van der Waals surface area contributed by atoms with Crippen LogP contribution in [-0.2, 0) is 0 Å². The predicted molar refractivity (Wildman–Crippen MR) is 85.6 cm³/mol. The molecule has 1 heteroatoms. The lowest BCUT2D eigenvalue weighted by Crippen LogP contribution is -2.22. The van der Waals surface area contributed by atoms with Gasteiger partial charge in [0.25, 0.3) is 0 Å². The van der Waals surface area contributed by atoms with Crippen molar-refractivity contribution in [2.45, 2.75) is 97.8 Å². The lowest BCUT2D eigenvalue weighted by Gasteiger charge is -2.30. The summed E-state index contributed by atoms with van der Waals surface area (Å²) in [4.78, 5) is 0. The minimum atomic E-state index is 0.445. The molecule has 0 saturated heterocycles. The minimum absolute atomic E-state index is 0.445. The minimum Gasteiger partial charge on any atom is -0.126 e. The second-order valence-corrected chi connectivity index (χ2v) is 6.23. The first-order chi connectivity index (χ1) is 8.74. The molecule has 1 unspecified atom stereocenters. The van der Waals surface area contributed by atoms with Crippen molar-refractivity contribution in [3.63, 3.8) is 0 Å². The monoisotopic (exact) mass is 274 g/mol. The van der Waals surface area contributed by atoms with Crippen molar-refractivity contribution in [1.82, 2.24) is 0 Å². The standard InChI is InChI=1S/C17H35Cl/c1-4-7-9-10-11-12-13-15-17(6-3,16-18)14-8-5-2/h4-16H2,1-3H3. The maximum atomic E-state index is 6.24. The predicted octanol–water partition coefficient (Wildman–Crippen LogP) is 6.95. The number of hydrogen-bond acceptors (Lipinski definition) is 0. The average molecular weight is 275 g/mol. The van der Waals surface area contributed by atoms with Crippen molar-refractivity contribution >= 4 is 11.6 Å². The first kappa shape index (κ1) is 18.3. The first-order valence-corrected chi connectivity index (χ1v) is 8.84. The summed E-state index contributed by atoms with van der Waals surface area (Å²) in [6, 6.07) is 0. The van der Waals surface area contributed by atoms with E-state index >= 15 is 0 Å². The lowest BCUT2D eigenvalue weighted by atomic mass is 9.77. The van der Waals surface area contributed by atoms with Gasteiger partial charge in [0, 0.05) is 5.88 Å². The molecule has 0 aliphatic carbocycles. The summed E-state index contributed by atoms with van der Waals surface area (Å²) in [5.74, 6) is 0.860. The quantitative estimate of drug-likeness (QED) is 0.252. The topological polar surface area (TPSA) is 0 Å². The van der Waals surface area contributed by atoms with E-state index in [1.54, 1.807) is 0 Å². The van der Waals surface area contributed by atoms with Gasteiger partial charge in [-0.1, -0.05) is 78.6 Å². The molecule has 1 atom stereocenters. The van der Waals surface area contributed by atoms with Gasteiger partial charge in [0.15, 0.2) is 0 Å². The Morgan fingerprint density at radius 1 is 0.667 bits per heavy atom. The number of rotatable bonds is 13. The molecule has 0 aromatic carbocycles. The summed E-state index contributed by atoms with van der Waals surface area (Å²) in [5, 5.41) is 0. The van der Waals surface area contributed by atoms with E-state index in [2.05, 4.69) is 20.8 Å². The molecule has 0 saturated carbocycles. The van der Waals surface area contributed by atoms with E-state index in [1.807, 2.05) is 0 Å². The van der Waals surface area contributed by atoms with E-state index in [9.17, 15) is 0 Å². The Labute approximate surface area is 121 Å². The summed E-state index contributed by atoms with van der Waals surface area (Å²) in [6.07, 6.45) is 16.4. The van der Waals surface area contributed by atoms with Gasteiger partial charge in [0.1, 0.15) is 0 Å². The molecule has 0 spiro atoms. The van der Waals surface area contributed by atoms with Crippen molar-refractivity contribution in [2.75, 3.05) is 5.88 Å². The van der Waals surface area contributed by atoms with Crippen LogP contribution in [0, 0.1) is 5.41 Å².